The molecule has 3 nitrogen and oxygen atoms in total. The number of likely N-dealkylation sites (N-methyl/N-ethyl adjacent to an activating group) is 1. The molecule has 0 bridgehead atoms. The Bertz CT molecular complexity index is 537. The third-order valence-electron chi connectivity index (χ3n) is 3.69. The molecule has 0 aromatic heterocycles. The van der Waals surface area contributed by atoms with Crippen LogP contribution in [0.1, 0.15) is 13.8 Å². The van der Waals surface area contributed by atoms with Crippen LogP contribution in [0, 0.1) is 0 Å². The van der Waals surface area contributed by atoms with E-state index < -0.39 is 6.10 Å². The summed E-state index contributed by atoms with van der Waals surface area (Å²) in [6.07, 6.45) is -0.420. The van der Waals surface area contributed by atoms with Gasteiger partial charge in [-0.1, -0.05) is 30.3 Å². The number of benzene rings is 2. The van der Waals surface area contributed by atoms with Gasteiger partial charge in [0.05, 0.1) is 13.1 Å². The van der Waals surface area contributed by atoms with Gasteiger partial charge in [0, 0.05) is 0 Å². The number of aliphatic hydroxyl groups is 1. The largest absolute Gasteiger partial charge is 0.491 e. The summed E-state index contributed by atoms with van der Waals surface area (Å²) >= 11 is 0. The maximum Gasteiger partial charge on any atom is 0.137 e. The summed E-state index contributed by atoms with van der Waals surface area (Å²) in [4.78, 5) is 1.39. The van der Waals surface area contributed by atoms with Crippen LogP contribution >= 0.6 is 0 Å². The van der Waals surface area contributed by atoms with Crippen LogP contribution in [0.3, 0.4) is 0 Å². The average Bonchev–Trinajstić information content (AvgIpc) is 2.50. The van der Waals surface area contributed by atoms with Gasteiger partial charge in [0.2, 0.25) is 0 Å². The van der Waals surface area contributed by atoms with E-state index >= 15 is 0 Å². The molecule has 0 radical (unpaired) electrons. The minimum Gasteiger partial charge on any atom is -0.491 e. The van der Waals surface area contributed by atoms with Crippen LogP contribution < -0.4 is 9.64 Å². The highest BCUT2D eigenvalue weighted by atomic mass is 16.5. The Kier molecular flexibility index (Phi) is 5.39. The zero-order valence-electron chi connectivity index (χ0n) is 12.3. The Morgan fingerprint density at radius 1 is 1.05 bits per heavy atom. The molecule has 1 atom stereocenters. The van der Waals surface area contributed by atoms with Crippen molar-refractivity contribution in [1.29, 1.82) is 0 Å². The summed E-state index contributed by atoms with van der Waals surface area (Å²) in [6.45, 7) is 7.42. The first-order chi connectivity index (χ1) is 9.72. The molecule has 0 spiro atoms. The minimum atomic E-state index is -0.420. The predicted octanol–water partition coefficient (Wildman–Crippen LogP) is 1.50. The molecule has 2 aromatic rings. The molecule has 0 unspecified atom stereocenters. The van der Waals surface area contributed by atoms with Gasteiger partial charge in [-0.05, 0) is 36.8 Å². The molecule has 0 fully saturated rings. The summed E-state index contributed by atoms with van der Waals surface area (Å²) in [5.74, 6) is 0.817. The third kappa shape index (κ3) is 3.95. The fourth-order valence-electron chi connectivity index (χ4n) is 2.38. The topological polar surface area (TPSA) is 33.9 Å². The van der Waals surface area contributed by atoms with Crippen molar-refractivity contribution in [2.45, 2.75) is 20.0 Å². The molecule has 0 aliphatic carbocycles. The molecule has 3 heteroatoms. The molecule has 20 heavy (non-hydrogen) atoms. The lowest BCUT2D eigenvalue weighted by molar-refractivity contribution is -0.899. The molecule has 0 heterocycles. The van der Waals surface area contributed by atoms with E-state index in [9.17, 15) is 5.11 Å². The second-order valence-electron chi connectivity index (χ2n) is 5.14. The van der Waals surface area contributed by atoms with Crippen LogP contribution in [-0.4, -0.2) is 37.5 Å². The highest BCUT2D eigenvalue weighted by molar-refractivity contribution is 5.83. The van der Waals surface area contributed by atoms with Crippen molar-refractivity contribution in [2.24, 2.45) is 0 Å². The average molecular weight is 274 g/mol. The number of rotatable bonds is 7. The second kappa shape index (κ2) is 7.27. The maximum absolute atomic E-state index is 10.0. The van der Waals surface area contributed by atoms with E-state index in [1.165, 1.54) is 10.3 Å². The fourth-order valence-corrected chi connectivity index (χ4v) is 2.38. The number of hydrogen-bond acceptors (Lipinski definition) is 2. The van der Waals surface area contributed by atoms with Crippen LogP contribution in [0.5, 0.6) is 5.75 Å². The number of fused-ring (bicyclic) bond motifs is 1. The first-order valence-electron chi connectivity index (χ1n) is 7.36. The Labute approximate surface area is 120 Å². The van der Waals surface area contributed by atoms with Gasteiger partial charge in [0.15, 0.2) is 0 Å². The summed E-state index contributed by atoms with van der Waals surface area (Å²) in [7, 11) is 0. The van der Waals surface area contributed by atoms with Crippen molar-refractivity contribution in [3.05, 3.63) is 42.5 Å². The molecule has 108 valence electrons. The summed E-state index contributed by atoms with van der Waals surface area (Å²) in [6, 6.07) is 14.2. The van der Waals surface area contributed by atoms with Crippen molar-refractivity contribution < 1.29 is 14.7 Å². The Morgan fingerprint density at radius 3 is 2.45 bits per heavy atom. The van der Waals surface area contributed by atoms with E-state index in [-0.39, 0.29) is 0 Å². The lowest BCUT2D eigenvalue weighted by Gasteiger charge is -2.19. The van der Waals surface area contributed by atoms with E-state index in [4.69, 9.17) is 4.74 Å². The summed E-state index contributed by atoms with van der Waals surface area (Å²) < 4.78 is 5.70. The number of aliphatic hydroxyl groups excluding tert-OH is 1. The van der Waals surface area contributed by atoms with Crippen molar-refractivity contribution in [1.82, 2.24) is 0 Å². The molecule has 2 aromatic carbocycles. The van der Waals surface area contributed by atoms with Gasteiger partial charge in [0.1, 0.15) is 25.0 Å². The van der Waals surface area contributed by atoms with Crippen molar-refractivity contribution >= 4 is 10.8 Å². The van der Waals surface area contributed by atoms with Crippen LogP contribution in [0.15, 0.2) is 42.5 Å². The number of quaternary nitrogens is 1. The highest BCUT2D eigenvalue weighted by Gasteiger charge is 2.12. The zero-order valence-corrected chi connectivity index (χ0v) is 12.3. The second-order valence-corrected chi connectivity index (χ2v) is 5.14. The third-order valence-corrected chi connectivity index (χ3v) is 3.69. The zero-order chi connectivity index (χ0) is 14.4. The smallest absolute Gasteiger partial charge is 0.137 e. The van der Waals surface area contributed by atoms with Gasteiger partial charge in [-0.3, -0.25) is 0 Å². The predicted molar refractivity (Wildman–Crippen MR) is 82.4 cm³/mol. The lowest BCUT2D eigenvalue weighted by Crippen LogP contribution is -3.12. The van der Waals surface area contributed by atoms with Gasteiger partial charge in [-0.2, -0.15) is 0 Å². The first-order valence-corrected chi connectivity index (χ1v) is 7.36. The van der Waals surface area contributed by atoms with E-state index in [1.54, 1.807) is 0 Å². The molecule has 0 saturated carbocycles. The van der Waals surface area contributed by atoms with E-state index in [0.717, 1.165) is 30.8 Å². The monoisotopic (exact) mass is 274 g/mol. The van der Waals surface area contributed by atoms with Gasteiger partial charge in [-0.15, -0.1) is 0 Å². The van der Waals surface area contributed by atoms with Gasteiger partial charge in [0.25, 0.3) is 0 Å². The SMILES string of the molecule is CC[NH+](CC)C[C@H](O)COc1ccc2ccccc2c1. The molecule has 0 saturated heterocycles. The van der Waals surface area contributed by atoms with Crippen LogP contribution in [0.25, 0.3) is 10.8 Å². The molecule has 0 aliphatic heterocycles. The lowest BCUT2D eigenvalue weighted by atomic mass is 10.1. The highest BCUT2D eigenvalue weighted by Crippen LogP contribution is 2.20. The van der Waals surface area contributed by atoms with Crippen LogP contribution in [0.2, 0.25) is 0 Å². The number of hydrogen-bond donors (Lipinski definition) is 2. The number of nitrogens with one attached hydrogen (secondary N) is 1. The quantitative estimate of drug-likeness (QED) is 0.802. The van der Waals surface area contributed by atoms with Crippen LogP contribution in [-0.2, 0) is 0 Å². The van der Waals surface area contributed by atoms with Gasteiger partial charge in [-0.25, -0.2) is 0 Å². The van der Waals surface area contributed by atoms with Gasteiger partial charge >= 0.3 is 0 Å². The Morgan fingerprint density at radius 2 is 1.75 bits per heavy atom. The normalized spacial score (nSPS) is 12.8. The summed E-state index contributed by atoms with van der Waals surface area (Å²) in [5, 5.41) is 12.4. The standard InChI is InChI=1S/C17H23NO2/c1-3-18(4-2)12-16(19)13-20-17-10-9-14-7-5-6-8-15(14)11-17/h5-11,16,19H,3-4,12-13H2,1-2H3/p+1/t16-/m0/s1. The molecule has 0 amide bonds. The number of ether oxygens (including phenoxy) is 1. The van der Waals surface area contributed by atoms with E-state index in [2.05, 4.69) is 26.0 Å². The Balaban J connectivity index is 1.92. The molecular weight excluding hydrogens is 250 g/mol. The summed E-state index contributed by atoms with van der Waals surface area (Å²) in [5.41, 5.74) is 0. The van der Waals surface area contributed by atoms with Crippen LogP contribution in [0.4, 0.5) is 0 Å². The minimum absolute atomic E-state index is 0.349. The van der Waals surface area contributed by atoms with Crippen molar-refractivity contribution in [2.75, 3.05) is 26.2 Å². The van der Waals surface area contributed by atoms with Crippen molar-refractivity contribution in [3.63, 3.8) is 0 Å². The molecule has 0 aliphatic rings. The Hall–Kier alpha value is -1.58. The first kappa shape index (κ1) is 14.8. The van der Waals surface area contributed by atoms with Crippen molar-refractivity contribution in [3.8, 4) is 5.75 Å². The van der Waals surface area contributed by atoms with E-state index in [1.807, 2.05) is 30.3 Å². The van der Waals surface area contributed by atoms with E-state index in [0.29, 0.717) is 6.61 Å². The molecule has 2 rings (SSSR count). The maximum atomic E-state index is 10.0. The fraction of sp³-hybridized carbons (Fsp3) is 0.412. The van der Waals surface area contributed by atoms with Gasteiger partial charge < -0.3 is 14.7 Å². The molecular formula is C17H24NO2+. The molecule has 2 N–H and O–H groups in total.